The smallest absolute Gasteiger partial charge is 0.223 e. The van der Waals surface area contributed by atoms with Gasteiger partial charge in [-0.2, -0.15) is 0 Å². The van der Waals surface area contributed by atoms with Gasteiger partial charge in [0.1, 0.15) is 22.5 Å². The standard InChI is InChI=1S/C44H47ClN6O3/c1-24(2)15-39(52)51-36-20-33(36)22-38(51)44-48-41(42(45)49-44)27-5-3-26(4-6-27)28-7-8-30-18-31(10-9-29(30)17-28)34-23-46-43(47-34)37-21-32-19-35(32)50(37)40(53)16-25-11-13-54-14-12-25/h3-10,17-18,23-25,32-33,35-38H,11-16,19-22H2,1-2H3,(H,46,47)(H,48,49)/t32?,33-,35?,36?,37+,38+/m1/s1. The van der Waals surface area contributed by atoms with Gasteiger partial charge in [0.2, 0.25) is 11.8 Å². The van der Waals surface area contributed by atoms with Gasteiger partial charge in [-0.1, -0.05) is 74.0 Å². The summed E-state index contributed by atoms with van der Waals surface area (Å²) < 4.78 is 5.52. The molecule has 10 heteroatoms. The Morgan fingerprint density at radius 1 is 0.778 bits per heavy atom. The highest BCUT2D eigenvalue weighted by Crippen LogP contribution is 2.55. The number of H-pyrrole nitrogens is 2. The summed E-state index contributed by atoms with van der Waals surface area (Å²) >= 11 is 6.74. The molecule has 2 amide bonds. The van der Waals surface area contributed by atoms with Crippen molar-refractivity contribution in [3.63, 3.8) is 0 Å². The lowest BCUT2D eigenvalue weighted by Crippen LogP contribution is -2.36. The fourth-order valence-corrected chi connectivity index (χ4v) is 9.91. The molecule has 5 aromatic rings. The van der Waals surface area contributed by atoms with E-state index < -0.39 is 0 Å². The molecule has 278 valence electrons. The van der Waals surface area contributed by atoms with E-state index in [0.29, 0.717) is 53.8 Å². The summed E-state index contributed by atoms with van der Waals surface area (Å²) in [5.74, 6) is 4.13. The van der Waals surface area contributed by atoms with Crippen LogP contribution in [0.4, 0.5) is 0 Å². The van der Waals surface area contributed by atoms with Crippen molar-refractivity contribution in [1.82, 2.24) is 29.7 Å². The number of aromatic amines is 2. The minimum Gasteiger partial charge on any atom is -0.381 e. The van der Waals surface area contributed by atoms with Crippen molar-refractivity contribution in [3.8, 4) is 33.6 Å². The Labute approximate surface area is 320 Å². The molecule has 5 fully saturated rings. The van der Waals surface area contributed by atoms with Crippen LogP contribution in [0.5, 0.6) is 0 Å². The third-order valence-corrected chi connectivity index (χ3v) is 13.0. The number of nitrogens with one attached hydrogen (secondary N) is 2. The van der Waals surface area contributed by atoms with E-state index in [1.807, 2.05) is 6.20 Å². The second-order valence-corrected chi connectivity index (χ2v) is 17.3. The Morgan fingerprint density at radius 3 is 2.09 bits per heavy atom. The van der Waals surface area contributed by atoms with Gasteiger partial charge in [0, 0.05) is 49.3 Å². The van der Waals surface area contributed by atoms with Gasteiger partial charge in [-0.3, -0.25) is 9.59 Å². The molecule has 3 aliphatic heterocycles. The first-order valence-electron chi connectivity index (χ1n) is 19.9. The topological polar surface area (TPSA) is 107 Å². The number of fused-ring (bicyclic) bond motifs is 3. The Morgan fingerprint density at radius 2 is 1.39 bits per heavy atom. The molecule has 9 nitrogen and oxygen atoms in total. The van der Waals surface area contributed by atoms with Crippen LogP contribution >= 0.6 is 11.6 Å². The first-order valence-corrected chi connectivity index (χ1v) is 20.3. The molecule has 6 atom stereocenters. The van der Waals surface area contributed by atoms with Crippen LogP contribution in [0.2, 0.25) is 5.15 Å². The molecule has 0 bridgehead atoms. The SMILES string of the molecule is CC(C)CC(=O)N1C2C[C@@H]2C[C@H]1c1nc(-c2ccc(-c3ccc4cc(-c5cnc([C@@H]6CC7CC7N6C(=O)CC6CCOCC6)[nH]5)ccc4c3)cc2)c(Cl)[nH]1. The largest absolute Gasteiger partial charge is 0.381 e. The third kappa shape index (κ3) is 6.23. The molecular formula is C44H47ClN6O3. The Hall–Kier alpha value is -4.47. The second-order valence-electron chi connectivity index (χ2n) is 16.9. The zero-order chi connectivity index (χ0) is 36.7. The van der Waals surface area contributed by atoms with Crippen molar-refractivity contribution in [1.29, 1.82) is 0 Å². The number of aromatic nitrogens is 4. The number of ether oxygens (including phenoxy) is 1. The molecule has 5 aliphatic rings. The zero-order valence-electron chi connectivity index (χ0n) is 30.9. The van der Waals surface area contributed by atoms with Gasteiger partial charge in [0.25, 0.3) is 0 Å². The van der Waals surface area contributed by atoms with E-state index in [4.69, 9.17) is 26.3 Å². The van der Waals surface area contributed by atoms with Gasteiger partial charge in [0.15, 0.2) is 0 Å². The number of amides is 2. The van der Waals surface area contributed by atoms with Crippen molar-refractivity contribution in [2.24, 2.45) is 23.7 Å². The van der Waals surface area contributed by atoms with Crippen LogP contribution in [-0.2, 0) is 14.3 Å². The van der Waals surface area contributed by atoms with Crippen LogP contribution in [0.3, 0.4) is 0 Å². The van der Waals surface area contributed by atoms with Gasteiger partial charge in [0.05, 0.1) is 24.0 Å². The maximum Gasteiger partial charge on any atom is 0.223 e. The number of halogens is 1. The number of rotatable bonds is 9. The first-order chi connectivity index (χ1) is 26.3. The van der Waals surface area contributed by atoms with Gasteiger partial charge in [-0.15, -0.1) is 0 Å². The zero-order valence-corrected chi connectivity index (χ0v) is 31.7. The van der Waals surface area contributed by atoms with Crippen molar-refractivity contribution in [2.75, 3.05) is 13.2 Å². The van der Waals surface area contributed by atoms with E-state index in [1.54, 1.807) is 0 Å². The summed E-state index contributed by atoms with van der Waals surface area (Å²) in [7, 11) is 0. The fraction of sp³-hybridized carbons (Fsp3) is 0.455. The second kappa shape index (κ2) is 13.4. The van der Waals surface area contributed by atoms with Crippen molar-refractivity contribution in [2.45, 2.75) is 89.4 Å². The molecule has 3 saturated heterocycles. The summed E-state index contributed by atoms with van der Waals surface area (Å²) in [5, 5.41) is 2.82. The molecule has 2 aliphatic carbocycles. The summed E-state index contributed by atoms with van der Waals surface area (Å²) in [6.07, 6.45) is 9.23. The molecular weight excluding hydrogens is 696 g/mol. The molecule has 10 rings (SSSR count). The van der Waals surface area contributed by atoms with E-state index >= 15 is 0 Å². The van der Waals surface area contributed by atoms with Crippen molar-refractivity contribution < 1.29 is 14.3 Å². The highest BCUT2D eigenvalue weighted by Gasteiger charge is 2.56. The van der Waals surface area contributed by atoms with Crippen LogP contribution in [0, 0.1) is 23.7 Å². The predicted molar refractivity (Wildman–Crippen MR) is 209 cm³/mol. The quantitative estimate of drug-likeness (QED) is 0.157. The van der Waals surface area contributed by atoms with Crippen LogP contribution in [0.25, 0.3) is 44.4 Å². The van der Waals surface area contributed by atoms with E-state index in [0.717, 1.165) is 108 Å². The maximum atomic E-state index is 13.5. The number of imidazole rings is 2. The summed E-state index contributed by atoms with van der Waals surface area (Å²) in [5.41, 5.74) is 5.97. The van der Waals surface area contributed by atoms with E-state index in [9.17, 15) is 9.59 Å². The normalized spacial score (nSPS) is 26.1. The predicted octanol–water partition coefficient (Wildman–Crippen LogP) is 9.13. The first kappa shape index (κ1) is 34.1. The molecule has 0 spiro atoms. The number of hydrogen-bond donors (Lipinski definition) is 2. The number of nitrogens with zero attached hydrogens (tertiary/aromatic N) is 4. The Bertz CT molecular complexity index is 2240. The number of piperidine rings is 2. The number of likely N-dealkylation sites (tertiary alicyclic amines) is 2. The summed E-state index contributed by atoms with van der Waals surface area (Å²) in [6, 6.07) is 22.2. The molecule has 2 saturated carbocycles. The van der Waals surface area contributed by atoms with E-state index in [1.165, 1.54) is 0 Å². The number of carbonyl (C=O) groups is 2. The van der Waals surface area contributed by atoms with Crippen molar-refractivity contribution >= 4 is 34.2 Å². The van der Waals surface area contributed by atoms with Gasteiger partial charge in [-0.05, 0) is 96.2 Å². The van der Waals surface area contributed by atoms with E-state index in [2.05, 4.69) is 94.3 Å². The van der Waals surface area contributed by atoms with Gasteiger partial charge < -0.3 is 24.5 Å². The van der Waals surface area contributed by atoms with Crippen molar-refractivity contribution in [3.05, 3.63) is 83.7 Å². The summed E-state index contributed by atoms with van der Waals surface area (Å²) in [4.78, 5) is 47.6. The lowest BCUT2D eigenvalue weighted by atomic mass is 9.95. The average molecular weight is 743 g/mol. The molecule has 3 unspecified atom stereocenters. The minimum absolute atomic E-state index is 0.0312. The highest BCUT2D eigenvalue weighted by atomic mass is 35.5. The van der Waals surface area contributed by atoms with Crippen LogP contribution in [0.1, 0.15) is 88.9 Å². The third-order valence-electron chi connectivity index (χ3n) is 12.7. The molecule has 0 radical (unpaired) electrons. The number of benzene rings is 3. The van der Waals surface area contributed by atoms with E-state index in [-0.39, 0.29) is 23.9 Å². The minimum atomic E-state index is -0.0370. The molecule has 3 aromatic carbocycles. The molecule has 54 heavy (non-hydrogen) atoms. The molecule has 2 N–H and O–H groups in total. The Kier molecular flexibility index (Phi) is 8.44. The monoisotopic (exact) mass is 742 g/mol. The fourth-order valence-electron chi connectivity index (χ4n) is 9.66. The van der Waals surface area contributed by atoms with Gasteiger partial charge in [-0.25, -0.2) is 9.97 Å². The summed E-state index contributed by atoms with van der Waals surface area (Å²) in [6.45, 7) is 5.72. The van der Waals surface area contributed by atoms with Gasteiger partial charge >= 0.3 is 0 Å². The molecule has 5 heterocycles. The highest BCUT2D eigenvalue weighted by molar-refractivity contribution is 6.31. The van der Waals surface area contributed by atoms with Crippen LogP contribution < -0.4 is 0 Å². The van der Waals surface area contributed by atoms with Crippen LogP contribution in [-0.4, -0.2) is 66.8 Å². The lowest BCUT2D eigenvalue weighted by Gasteiger charge is -2.29. The number of hydrogen-bond acceptors (Lipinski definition) is 5. The molecule has 2 aromatic heterocycles. The Balaban J connectivity index is 0.833. The average Bonchev–Trinajstić information content (AvgIpc) is 3.81. The lowest BCUT2D eigenvalue weighted by molar-refractivity contribution is -0.135. The maximum absolute atomic E-state index is 13.5. The number of carbonyl (C=O) groups excluding carboxylic acids is 2. The van der Waals surface area contributed by atoms with Crippen LogP contribution in [0.15, 0.2) is 66.9 Å².